The third kappa shape index (κ3) is 5.49. The topological polar surface area (TPSA) is 47.6 Å². The Bertz CT molecular complexity index is 765. The van der Waals surface area contributed by atoms with Gasteiger partial charge in [-0.15, -0.1) is 0 Å². The normalized spacial score (nSPS) is 13.0. The van der Waals surface area contributed by atoms with Crippen LogP contribution in [-0.4, -0.2) is 19.1 Å². The minimum Gasteiger partial charge on any atom is -0.496 e. The van der Waals surface area contributed by atoms with Gasteiger partial charge in [-0.25, -0.2) is 0 Å². The van der Waals surface area contributed by atoms with E-state index in [2.05, 4.69) is 24.4 Å². The fourth-order valence-electron chi connectivity index (χ4n) is 3.29. The minimum atomic E-state index is -0.514. The highest BCUT2D eigenvalue weighted by atomic mass is 16.5. The van der Waals surface area contributed by atoms with E-state index in [1.165, 1.54) is 0 Å². The van der Waals surface area contributed by atoms with Gasteiger partial charge in [-0.05, 0) is 74.1 Å². The van der Waals surface area contributed by atoms with E-state index in [0.29, 0.717) is 6.42 Å². The lowest BCUT2D eigenvalue weighted by atomic mass is 10.0. The number of carbonyl (C=O) groups excluding carboxylic acids is 1. The quantitative estimate of drug-likeness (QED) is 0.709. The molecule has 0 aromatic heterocycles. The van der Waals surface area contributed by atoms with Crippen molar-refractivity contribution in [2.45, 2.75) is 59.6 Å². The molecule has 0 aliphatic carbocycles. The molecule has 146 valence electrons. The third-order valence-corrected chi connectivity index (χ3v) is 4.68. The predicted octanol–water partition coefficient (Wildman–Crippen LogP) is 5.05. The highest BCUT2D eigenvalue weighted by Gasteiger charge is 2.22. The van der Waals surface area contributed by atoms with Gasteiger partial charge in [0.2, 0.25) is 0 Å². The summed E-state index contributed by atoms with van der Waals surface area (Å²) in [4.78, 5) is 12.8. The van der Waals surface area contributed by atoms with Crippen LogP contribution in [0.15, 0.2) is 36.4 Å². The SMILES string of the molecule is CC[C@H](Oc1cc(C)cc(C)c1)C(=O)N[C@H](CC)c1ccc(OC)c(C)c1. The zero-order valence-corrected chi connectivity index (χ0v) is 17.3. The average Bonchev–Trinajstić information content (AvgIpc) is 2.63. The van der Waals surface area contributed by atoms with Gasteiger partial charge in [-0.2, -0.15) is 0 Å². The molecule has 0 heterocycles. The van der Waals surface area contributed by atoms with Crippen molar-refractivity contribution in [3.8, 4) is 11.5 Å². The molecule has 0 bridgehead atoms. The minimum absolute atomic E-state index is 0.0565. The number of ether oxygens (including phenoxy) is 2. The molecule has 0 spiro atoms. The van der Waals surface area contributed by atoms with Crippen molar-refractivity contribution in [2.24, 2.45) is 0 Å². The Hall–Kier alpha value is -2.49. The Kier molecular flexibility index (Phi) is 7.28. The number of benzene rings is 2. The van der Waals surface area contributed by atoms with Crippen LogP contribution in [0, 0.1) is 20.8 Å². The van der Waals surface area contributed by atoms with Gasteiger partial charge in [0, 0.05) is 0 Å². The Morgan fingerprint density at radius 3 is 2.19 bits per heavy atom. The van der Waals surface area contributed by atoms with E-state index in [4.69, 9.17) is 9.47 Å². The fraction of sp³-hybridized carbons (Fsp3) is 0.435. The summed E-state index contributed by atoms with van der Waals surface area (Å²) in [6.45, 7) is 10.1. The largest absolute Gasteiger partial charge is 0.496 e. The predicted molar refractivity (Wildman–Crippen MR) is 110 cm³/mol. The highest BCUT2D eigenvalue weighted by molar-refractivity contribution is 5.81. The summed E-state index contributed by atoms with van der Waals surface area (Å²) >= 11 is 0. The van der Waals surface area contributed by atoms with Crippen LogP contribution in [0.1, 0.15) is 55.0 Å². The van der Waals surface area contributed by atoms with E-state index in [0.717, 1.165) is 40.2 Å². The smallest absolute Gasteiger partial charge is 0.261 e. The van der Waals surface area contributed by atoms with Gasteiger partial charge in [0.1, 0.15) is 11.5 Å². The zero-order chi connectivity index (χ0) is 20.0. The number of methoxy groups -OCH3 is 1. The number of carbonyl (C=O) groups is 1. The molecule has 1 N–H and O–H groups in total. The maximum Gasteiger partial charge on any atom is 0.261 e. The molecule has 0 aliphatic heterocycles. The average molecular weight is 370 g/mol. The molecule has 2 aromatic carbocycles. The van der Waals surface area contributed by atoms with Crippen molar-refractivity contribution in [3.05, 3.63) is 58.7 Å². The monoisotopic (exact) mass is 369 g/mol. The van der Waals surface area contributed by atoms with Crippen LogP contribution in [0.5, 0.6) is 11.5 Å². The maximum atomic E-state index is 12.8. The van der Waals surface area contributed by atoms with E-state index in [9.17, 15) is 4.79 Å². The molecule has 2 rings (SSSR count). The second kappa shape index (κ2) is 9.45. The second-order valence-electron chi connectivity index (χ2n) is 7.04. The van der Waals surface area contributed by atoms with Crippen LogP contribution >= 0.6 is 0 Å². The van der Waals surface area contributed by atoms with Gasteiger partial charge < -0.3 is 14.8 Å². The molecule has 0 saturated carbocycles. The van der Waals surface area contributed by atoms with Crippen molar-refractivity contribution >= 4 is 5.91 Å². The summed E-state index contributed by atoms with van der Waals surface area (Å²) in [6, 6.07) is 12.0. The van der Waals surface area contributed by atoms with Gasteiger partial charge in [0.25, 0.3) is 5.91 Å². The molecular weight excluding hydrogens is 338 g/mol. The Labute approximate surface area is 162 Å². The first-order valence-corrected chi connectivity index (χ1v) is 9.57. The van der Waals surface area contributed by atoms with Crippen molar-refractivity contribution in [2.75, 3.05) is 7.11 Å². The van der Waals surface area contributed by atoms with Gasteiger partial charge in [-0.3, -0.25) is 4.79 Å². The van der Waals surface area contributed by atoms with E-state index in [-0.39, 0.29) is 11.9 Å². The molecule has 27 heavy (non-hydrogen) atoms. The second-order valence-corrected chi connectivity index (χ2v) is 7.04. The van der Waals surface area contributed by atoms with Crippen LogP contribution in [0.2, 0.25) is 0 Å². The van der Waals surface area contributed by atoms with Crippen molar-refractivity contribution < 1.29 is 14.3 Å². The maximum absolute atomic E-state index is 12.8. The van der Waals surface area contributed by atoms with Crippen LogP contribution in [0.25, 0.3) is 0 Å². The Morgan fingerprint density at radius 2 is 1.67 bits per heavy atom. The molecule has 0 unspecified atom stereocenters. The van der Waals surface area contributed by atoms with Crippen molar-refractivity contribution in [1.82, 2.24) is 5.32 Å². The fourth-order valence-corrected chi connectivity index (χ4v) is 3.29. The number of nitrogens with one attached hydrogen (secondary N) is 1. The Morgan fingerprint density at radius 1 is 1.00 bits per heavy atom. The van der Waals surface area contributed by atoms with Crippen LogP contribution in [-0.2, 0) is 4.79 Å². The summed E-state index contributed by atoms with van der Waals surface area (Å²) in [5, 5.41) is 3.14. The molecule has 1 amide bonds. The standard InChI is InChI=1S/C23H31NO3/c1-7-20(18-9-10-22(26-6)17(5)14-18)24-23(25)21(8-2)27-19-12-15(3)11-16(4)13-19/h9-14,20-21H,7-8H2,1-6H3,(H,24,25)/t20-,21+/m1/s1. The van der Waals surface area contributed by atoms with Crippen LogP contribution in [0.4, 0.5) is 0 Å². The van der Waals surface area contributed by atoms with Crippen LogP contribution in [0.3, 0.4) is 0 Å². The lowest BCUT2D eigenvalue weighted by molar-refractivity contribution is -0.128. The number of rotatable bonds is 8. The summed E-state index contributed by atoms with van der Waals surface area (Å²) < 4.78 is 11.3. The summed E-state index contributed by atoms with van der Waals surface area (Å²) in [6.07, 6.45) is 0.897. The summed E-state index contributed by atoms with van der Waals surface area (Å²) in [5.41, 5.74) is 4.38. The highest BCUT2D eigenvalue weighted by Crippen LogP contribution is 2.25. The van der Waals surface area contributed by atoms with E-state index >= 15 is 0 Å². The molecule has 0 radical (unpaired) electrons. The van der Waals surface area contributed by atoms with Crippen molar-refractivity contribution in [3.63, 3.8) is 0 Å². The molecule has 4 heteroatoms. The molecule has 4 nitrogen and oxygen atoms in total. The first-order valence-electron chi connectivity index (χ1n) is 9.57. The van der Waals surface area contributed by atoms with Gasteiger partial charge in [0.15, 0.2) is 6.10 Å². The van der Waals surface area contributed by atoms with Gasteiger partial charge in [-0.1, -0.05) is 32.0 Å². The molecule has 2 aromatic rings. The number of hydrogen-bond acceptors (Lipinski definition) is 3. The Balaban J connectivity index is 2.12. The first kappa shape index (κ1) is 20.8. The first-order chi connectivity index (χ1) is 12.9. The zero-order valence-electron chi connectivity index (χ0n) is 17.3. The molecule has 0 fully saturated rings. The molecule has 0 aliphatic rings. The number of hydrogen-bond donors (Lipinski definition) is 1. The van der Waals surface area contributed by atoms with E-state index in [1.807, 2.05) is 52.0 Å². The lowest BCUT2D eigenvalue weighted by Gasteiger charge is -2.23. The molecular formula is C23H31NO3. The molecule has 2 atom stereocenters. The van der Waals surface area contributed by atoms with Crippen molar-refractivity contribution in [1.29, 1.82) is 0 Å². The summed E-state index contributed by atoms with van der Waals surface area (Å²) in [5.74, 6) is 1.50. The summed E-state index contributed by atoms with van der Waals surface area (Å²) in [7, 11) is 1.66. The van der Waals surface area contributed by atoms with Crippen LogP contribution < -0.4 is 14.8 Å². The van der Waals surface area contributed by atoms with Gasteiger partial charge >= 0.3 is 0 Å². The number of aryl methyl sites for hydroxylation is 3. The number of amides is 1. The molecule has 0 saturated heterocycles. The van der Waals surface area contributed by atoms with Gasteiger partial charge in [0.05, 0.1) is 13.2 Å². The lowest BCUT2D eigenvalue weighted by Crippen LogP contribution is -2.40. The third-order valence-electron chi connectivity index (χ3n) is 4.68. The van der Waals surface area contributed by atoms with E-state index < -0.39 is 6.10 Å². The van der Waals surface area contributed by atoms with E-state index in [1.54, 1.807) is 7.11 Å².